The van der Waals surface area contributed by atoms with E-state index < -0.39 is 17.1 Å². The van der Waals surface area contributed by atoms with E-state index in [0.717, 1.165) is 42.3 Å². The molecule has 5 rings (SSSR count). The summed E-state index contributed by atoms with van der Waals surface area (Å²) in [6, 6.07) is 22.8. The molecule has 180 valence electrons. The van der Waals surface area contributed by atoms with Crippen molar-refractivity contribution in [3.8, 4) is 0 Å². The van der Waals surface area contributed by atoms with Gasteiger partial charge in [0.05, 0.1) is 4.91 Å². The summed E-state index contributed by atoms with van der Waals surface area (Å²) in [4.78, 5) is 39.4. The maximum absolute atomic E-state index is 13.0. The molecule has 0 radical (unpaired) electrons. The minimum atomic E-state index is -0.475. The van der Waals surface area contributed by atoms with Gasteiger partial charge >= 0.3 is 0 Å². The Labute approximate surface area is 230 Å². The van der Waals surface area contributed by atoms with E-state index in [0.29, 0.717) is 17.3 Å². The van der Waals surface area contributed by atoms with Crippen LogP contribution in [0.2, 0.25) is 5.02 Å². The van der Waals surface area contributed by atoms with Gasteiger partial charge in [0, 0.05) is 43.5 Å². The summed E-state index contributed by atoms with van der Waals surface area (Å²) in [5.41, 5.74) is 3.53. The molecule has 0 atom stereocenters. The Morgan fingerprint density at radius 2 is 1.72 bits per heavy atom. The van der Waals surface area contributed by atoms with Gasteiger partial charge in [0.2, 0.25) is 5.91 Å². The summed E-state index contributed by atoms with van der Waals surface area (Å²) >= 11 is 9.04. The molecule has 36 heavy (non-hydrogen) atoms. The number of nitrogens with zero attached hydrogens (tertiary/aromatic N) is 2. The van der Waals surface area contributed by atoms with Gasteiger partial charge in [0.15, 0.2) is 0 Å². The number of carbonyl (C=O) groups excluding carboxylic acids is 3. The number of anilines is 1. The molecule has 0 bridgehead atoms. The van der Waals surface area contributed by atoms with E-state index in [2.05, 4.69) is 32.5 Å². The number of hydrogen-bond donors (Lipinski definition) is 1. The van der Waals surface area contributed by atoms with Crippen molar-refractivity contribution in [2.45, 2.75) is 6.54 Å². The molecule has 1 saturated heterocycles. The van der Waals surface area contributed by atoms with Crippen LogP contribution in [0.1, 0.15) is 11.1 Å². The van der Waals surface area contributed by atoms with E-state index in [-0.39, 0.29) is 11.4 Å². The molecule has 0 unspecified atom stereocenters. The highest BCUT2D eigenvalue weighted by molar-refractivity contribution is 14.1. The number of carbonyl (C=O) groups is 3. The van der Waals surface area contributed by atoms with E-state index in [1.807, 2.05) is 66.9 Å². The minimum Gasteiger partial charge on any atom is -0.342 e. The van der Waals surface area contributed by atoms with Gasteiger partial charge in [-0.3, -0.25) is 19.3 Å². The van der Waals surface area contributed by atoms with Crippen LogP contribution in [-0.2, 0) is 16.1 Å². The molecule has 2 heterocycles. The number of thioether (sulfide) groups is 1. The molecule has 4 aromatic rings. The van der Waals surface area contributed by atoms with Gasteiger partial charge < -0.3 is 9.88 Å². The predicted molar refractivity (Wildman–Crippen MR) is 153 cm³/mol. The monoisotopic (exact) mass is 627 g/mol. The van der Waals surface area contributed by atoms with E-state index >= 15 is 0 Å². The molecule has 6 nitrogen and oxygen atoms in total. The summed E-state index contributed by atoms with van der Waals surface area (Å²) in [5.74, 6) is -0.906. The molecule has 3 aromatic carbocycles. The third-order valence-corrected chi connectivity index (χ3v) is 7.55. The van der Waals surface area contributed by atoms with Gasteiger partial charge in [-0.15, -0.1) is 0 Å². The first-order valence-electron chi connectivity index (χ1n) is 11.0. The zero-order valence-electron chi connectivity index (χ0n) is 18.8. The summed E-state index contributed by atoms with van der Waals surface area (Å²) in [7, 11) is 0. The van der Waals surface area contributed by atoms with E-state index in [4.69, 9.17) is 11.6 Å². The number of aromatic nitrogens is 1. The van der Waals surface area contributed by atoms with Crippen LogP contribution in [0.3, 0.4) is 0 Å². The normalized spacial score (nSPS) is 14.7. The van der Waals surface area contributed by atoms with Gasteiger partial charge in [-0.05, 0) is 88.5 Å². The first-order valence-corrected chi connectivity index (χ1v) is 13.3. The summed E-state index contributed by atoms with van der Waals surface area (Å²) in [6.07, 6.45) is 3.69. The van der Waals surface area contributed by atoms with Crippen molar-refractivity contribution >= 4 is 85.7 Å². The number of amides is 3. The Morgan fingerprint density at radius 1 is 1.00 bits per heavy atom. The quantitative estimate of drug-likeness (QED) is 0.193. The van der Waals surface area contributed by atoms with E-state index in [1.54, 1.807) is 18.2 Å². The van der Waals surface area contributed by atoms with Crippen molar-refractivity contribution < 1.29 is 14.4 Å². The number of imide groups is 1. The van der Waals surface area contributed by atoms with Crippen LogP contribution in [0.15, 0.2) is 83.9 Å². The molecule has 1 N–H and O–H groups in total. The number of nitrogens with one attached hydrogen (secondary N) is 1. The van der Waals surface area contributed by atoms with Gasteiger partial charge in [-0.1, -0.05) is 41.9 Å². The van der Waals surface area contributed by atoms with Gasteiger partial charge in [-0.2, -0.15) is 0 Å². The van der Waals surface area contributed by atoms with Crippen LogP contribution in [0.25, 0.3) is 17.0 Å². The highest BCUT2D eigenvalue weighted by Gasteiger charge is 2.36. The van der Waals surface area contributed by atoms with Crippen molar-refractivity contribution in [3.05, 3.63) is 104 Å². The second-order valence-corrected chi connectivity index (χ2v) is 10.9. The number of para-hydroxylation sites is 1. The van der Waals surface area contributed by atoms with E-state index in [1.165, 1.54) is 0 Å². The topological polar surface area (TPSA) is 71.4 Å². The summed E-state index contributed by atoms with van der Waals surface area (Å²) < 4.78 is 3.14. The standard InChI is InChI=1S/C27H19ClIN3O3S/c28-19-7-5-17(6-8-19)14-31-15-18(22-3-1-2-4-23(22)31)13-24-26(34)32(27(35)36-24)16-25(33)30-21-11-9-20(29)10-12-21/h1-13,15H,14,16H2,(H,30,33)/b24-13-. The van der Waals surface area contributed by atoms with Crippen molar-refractivity contribution in [3.63, 3.8) is 0 Å². The molecular formula is C27H19ClIN3O3S. The van der Waals surface area contributed by atoms with Gasteiger partial charge in [0.25, 0.3) is 11.1 Å². The SMILES string of the molecule is O=C(CN1C(=O)S/C(=C\c2cn(Cc3ccc(Cl)cc3)c3ccccc23)C1=O)Nc1ccc(I)cc1. The number of fused-ring (bicyclic) bond motifs is 1. The van der Waals surface area contributed by atoms with Crippen LogP contribution in [0.5, 0.6) is 0 Å². The second kappa shape index (κ2) is 10.5. The van der Waals surface area contributed by atoms with Crippen LogP contribution in [-0.4, -0.2) is 33.1 Å². The number of rotatable bonds is 6. The Morgan fingerprint density at radius 3 is 2.47 bits per heavy atom. The third kappa shape index (κ3) is 5.35. The van der Waals surface area contributed by atoms with Gasteiger partial charge in [-0.25, -0.2) is 0 Å². The van der Waals surface area contributed by atoms with Crippen molar-refractivity contribution in [2.75, 3.05) is 11.9 Å². The first kappa shape index (κ1) is 24.6. The molecule has 1 aromatic heterocycles. The Kier molecular flexibility index (Phi) is 7.17. The average Bonchev–Trinajstić information content (AvgIpc) is 3.34. The highest BCUT2D eigenvalue weighted by Crippen LogP contribution is 2.34. The lowest BCUT2D eigenvalue weighted by Crippen LogP contribution is -2.36. The molecule has 1 aliphatic heterocycles. The zero-order chi connectivity index (χ0) is 25.2. The zero-order valence-corrected chi connectivity index (χ0v) is 22.5. The fraction of sp³-hybridized carbons (Fsp3) is 0.0741. The third-order valence-electron chi connectivity index (χ3n) is 5.68. The molecule has 3 amide bonds. The van der Waals surface area contributed by atoms with Crippen LogP contribution in [0, 0.1) is 3.57 Å². The maximum Gasteiger partial charge on any atom is 0.294 e. The largest absolute Gasteiger partial charge is 0.342 e. The van der Waals surface area contributed by atoms with Crippen LogP contribution < -0.4 is 5.32 Å². The number of benzene rings is 3. The Balaban J connectivity index is 1.36. The predicted octanol–water partition coefficient (Wildman–Crippen LogP) is 6.62. The maximum atomic E-state index is 13.0. The van der Waals surface area contributed by atoms with E-state index in [9.17, 15) is 14.4 Å². The number of halogens is 2. The molecular weight excluding hydrogens is 609 g/mol. The van der Waals surface area contributed by atoms with Crippen molar-refractivity contribution in [1.82, 2.24) is 9.47 Å². The van der Waals surface area contributed by atoms with Crippen molar-refractivity contribution in [2.24, 2.45) is 0 Å². The van der Waals surface area contributed by atoms with Crippen LogP contribution in [0.4, 0.5) is 10.5 Å². The molecule has 1 aliphatic rings. The summed E-state index contributed by atoms with van der Waals surface area (Å²) in [5, 5.41) is 3.91. The average molecular weight is 628 g/mol. The smallest absolute Gasteiger partial charge is 0.294 e. The second-order valence-electron chi connectivity index (χ2n) is 8.18. The van der Waals surface area contributed by atoms with Gasteiger partial charge in [0.1, 0.15) is 6.54 Å². The molecule has 9 heteroatoms. The molecule has 1 fully saturated rings. The fourth-order valence-electron chi connectivity index (χ4n) is 3.96. The molecule has 0 aliphatic carbocycles. The highest BCUT2D eigenvalue weighted by atomic mass is 127. The Hall–Kier alpha value is -3.08. The lowest BCUT2D eigenvalue weighted by Gasteiger charge is -2.12. The Bertz CT molecular complexity index is 1510. The molecule has 0 spiro atoms. The first-order chi connectivity index (χ1) is 17.4. The van der Waals surface area contributed by atoms with Crippen LogP contribution >= 0.6 is 46.0 Å². The number of hydrogen-bond acceptors (Lipinski definition) is 4. The summed E-state index contributed by atoms with van der Waals surface area (Å²) in [6.45, 7) is 0.290. The lowest BCUT2D eigenvalue weighted by molar-refractivity contribution is -0.127. The fourth-order valence-corrected chi connectivity index (χ4v) is 5.28. The lowest BCUT2D eigenvalue weighted by atomic mass is 10.1. The minimum absolute atomic E-state index is 0.288. The van der Waals surface area contributed by atoms with Crippen molar-refractivity contribution in [1.29, 1.82) is 0 Å². The molecule has 0 saturated carbocycles.